The van der Waals surface area contributed by atoms with Gasteiger partial charge in [-0.1, -0.05) is 23.2 Å². The smallest absolute Gasteiger partial charge is 0.315 e. The van der Waals surface area contributed by atoms with E-state index in [1.54, 1.807) is 0 Å². The number of carbonyl (C=O) groups excluding carboxylic acids is 1. The van der Waals surface area contributed by atoms with Gasteiger partial charge in [-0.05, 0) is 12.8 Å². The molecule has 0 unspecified atom stereocenters. The van der Waals surface area contributed by atoms with E-state index in [9.17, 15) is 4.79 Å². The summed E-state index contributed by atoms with van der Waals surface area (Å²) in [6, 6.07) is 0. The van der Waals surface area contributed by atoms with Crippen LogP contribution in [-0.4, -0.2) is 23.0 Å². The summed E-state index contributed by atoms with van der Waals surface area (Å²) in [5.41, 5.74) is 4.48. The molecule has 2 bridgehead atoms. The molecule has 3 aliphatic carbocycles. The number of halogens is 2. The van der Waals surface area contributed by atoms with Gasteiger partial charge in [-0.3, -0.25) is 4.79 Å². The molecule has 2 N–H and O–H groups in total. The second kappa shape index (κ2) is 1.91. The number of hydrogen-bond acceptors (Lipinski definition) is 3. The molecule has 3 nitrogen and oxygen atoms in total. The maximum Gasteiger partial charge on any atom is 0.315 e. The van der Waals surface area contributed by atoms with Crippen LogP contribution in [0, 0.1) is 5.41 Å². The minimum absolute atomic E-state index is 0.347. The first-order valence-electron chi connectivity index (χ1n) is 3.65. The molecule has 68 valence electrons. The van der Waals surface area contributed by atoms with Gasteiger partial charge in [-0.15, -0.1) is 0 Å². The third kappa shape index (κ3) is 0.562. The van der Waals surface area contributed by atoms with Gasteiger partial charge in [0.05, 0.1) is 12.6 Å². The van der Waals surface area contributed by atoms with E-state index in [2.05, 4.69) is 4.74 Å². The lowest BCUT2D eigenvalue weighted by molar-refractivity contribution is -0.199. The molecule has 0 atom stereocenters. The molecular formula is C7H9Cl2NO2. The fourth-order valence-electron chi connectivity index (χ4n) is 2.20. The number of hydrogen-bond donors (Lipinski definition) is 1. The van der Waals surface area contributed by atoms with Crippen molar-refractivity contribution in [2.75, 3.05) is 7.11 Å². The van der Waals surface area contributed by atoms with Crippen LogP contribution in [0.3, 0.4) is 0 Å². The Morgan fingerprint density at radius 3 is 2.25 bits per heavy atom. The predicted octanol–water partition coefficient (Wildman–Crippen LogP) is 0.825. The van der Waals surface area contributed by atoms with E-state index in [4.69, 9.17) is 28.9 Å². The van der Waals surface area contributed by atoms with Gasteiger partial charge in [0.1, 0.15) is 5.41 Å². The molecule has 0 heterocycles. The molecule has 0 saturated heterocycles. The molecule has 3 rings (SSSR count). The third-order valence-corrected chi connectivity index (χ3v) is 4.51. The van der Waals surface area contributed by atoms with Crippen LogP contribution in [0.2, 0.25) is 0 Å². The molecule has 0 amide bonds. The van der Waals surface area contributed by atoms with E-state index >= 15 is 0 Å². The number of rotatable bonds is 1. The van der Waals surface area contributed by atoms with Crippen molar-refractivity contribution >= 4 is 29.2 Å². The average molecular weight is 210 g/mol. The van der Waals surface area contributed by atoms with Crippen LogP contribution in [0.25, 0.3) is 0 Å². The fourth-order valence-corrected chi connectivity index (χ4v) is 2.89. The molecule has 3 saturated carbocycles. The quantitative estimate of drug-likeness (QED) is 0.515. The highest BCUT2D eigenvalue weighted by molar-refractivity contribution is 6.53. The molecule has 12 heavy (non-hydrogen) atoms. The van der Waals surface area contributed by atoms with Crippen molar-refractivity contribution in [3.8, 4) is 0 Å². The summed E-state index contributed by atoms with van der Waals surface area (Å²) in [5, 5.41) is 0. The Kier molecular flexibility index (Phi) is 1.37. The SMILES string of the molecule is COC(=O)C12CC(N)(C1)C2(Cl)Cl. The van der Waals surface area contributed by atoms with E-state index in [0.717, 1.165) is 0 Å². The van der Waals surface area contributed by atoms with Gasteiger partial charge in [0.2, 0.25) is 0 Å². The monoisotopic (exact) mass is 209 g/mol. The number of methoxy groups -OCH3 is 1. The zero-order chi connectivity index (χ0) is 9.20. The van der Waals surface area contributed by atoms with Crippen LogP contribution in [0.15, 0.2) is 0 Å². The van der Waals surface area contributed by atoms with Gasteiger partial charge >= 0.3 is 5.97 Å². The summed E-state index contributed by atoms with van der Waals surface area (Å²) in [6.07, 6.45) is 1.08. The first kappa shape index (κ1) is 8.60. The topological polar surface area (TPSA) is 52.3 Å². The zero-order valence-electron chi connectivity index (χ0n) is 6.56. The number of carbonyl (C=O) groups is 1. The Morgan fingerprint density at radius 2 is 2.00 bits per heavy atom. The van der Waals surface area contributed by atoms with E-state index in [0.29, 0.717) is 12.8 Å². The Bertz CT molecular complexity index is 258. The maximum absolute atomic E-state index is 11.3. The normalized spacial score (nSPS) is 47.3. The zero-order valence-corrected chi connectivity index (χ0v) is 8.08. The molecule has 3 fully saturated rings. The Balaban J connectivity index is 2.25. The minimum atomic E-state index is -1.12. The molecule has 5 heteroatoms. The van der Waals surface area contributed by atoms with Crippen LogP contribution in [-0.2, 0) is 9.53 Å². The van der Waals surface area contributed by atoms with Crippen molar-refractivity contribution in [3.05, 3.63) is 0 Å². The molecular weight excluding hydrogens is 201 g/mol. The van der Waals surface area contributed by atoms with Crippen molar-refractivity contribution < 1.29 is 9.53 Å². The molecule has 0 spiro atoms. The van der Waals surface area contributed by atoms with Crippen LogP contribution in [0.4, 0.5) is 0 Å². The van der Waals surface area contributed by atoms with E-state index < -0.39 is 15.3 Å². The van der Waals surface area contributed by atoms with Crippen LogP contribution >= 0.6 is 23.2 Å². The molecule has 3 aliphatic rings. The highest BCUT2D eigenvalue weighted by Crippen LogP contribution is 2.77. The minimum Gasteiger partial charge on any atom is -0.469 e. The van der Waals surface area contributed by atoms with Crippen molar-refractivity contribution in [1.29, 1.82) is 0 Å². The summed E-state index contributed by atoms with van der Waals surface area (Å²) >= 11 is 11.8. The number of esters is 1. The second-order valence-corrected chi connectivity index (χ2v) is 4.99. The Labute approximate surface area is 80.1 Å². The second-order valence-electron chi connectivity index (χ2n) is 3.66. The first-order valence-corrected chi connectivity index (χ1v) is 4.40. The lowest BCUT2D eigenvalue weighted by Gasteiger charge is -2.74. The van der Waals surface area contributed by atoms with Crippen molar-refractivity contribution in [2.24, 2.45) is 11.1 Å². The molecule has 0 aliphatic heterocycles. The van der Waals surface area contributed by atoms with Gasteiger partial charge in [-0.2, -0.15) is 0 Å². The van der Waals surface area contributed by atoms with E-state index in [-0.39, 0.29) is 5.97 Å². The lowest BCUT2D eigenvalue weighted by Crippen LogP contribution is -2.88. The highest BCUT2D eigenvalue weighted by Gasteiger charge is 2.87. The van der Waals surface area contributed by atoms with Gasteiger partial charge < -0.3 is 10.5 Å². The van der Waals surface area contributed by atoms with Gasteiger partial charge in [0.25, 0.3) is 0 Å². The number of alkyl halides is 2. The van der Waals surface area contributed by atoms with Crippen LogP contribution < -0.4 is 5.73 Å². The van der Waals surface area contributed by atoms with Crippen molar-refractivity contribution in [2.45, 2.75) is 22.7 Å². The maximum atomic E-state index is 11.3. The van der Waals surface area contributed by atoms with Gasteiger partial charge in [-0.25, -0.2) is 0 Å². The summed E-state index contributed by atoms with van der Waals surface area (Å²) < 4.78 is 3.49. The van der Waals surface area contributed by atoms with Crippen molar-refractivity contribution in [3.63, 3.8) is 0 Å². The summed E-state index contributed by atoms with van der Waals surface area (Å²) in [7, 11) is 1.33. The fraction of sp³-hybridized carbons (Fsp3) is 0.857. The van der Waals surface area contributed by atoms with E-state index in [1.807, 2.05) is 0 Å². The van der Waals surface area contributed by atoms with Crippen molar-refractivity contribution in [1.82, 2.24) is 0 Å². The highest BCUT2D eigenvalue weighted by atomic mass is 35.5. The molecule has 0 aromatic rings. The molecule has 0 aromatic carbocycles. The van der Waals surface area contributed by atoms with Gasteiger partial charge in [0.15, 0.2) is 4.33 Å². The largest absolute Gasteiger partial charge is 0.469 e. The first-order chi connectivity index (χ1) is 5.40. The summed E-state index contributed by atoms with van der Waals surface area (Å²) in [4.78, 5) is 11.3. The Morgan fingerprint density at radius 1 is 1.50 bits per heavy atom. The Hall–Kier alpha value is 0.01000. The van der Waals surface area contributed by atoms with Gasteiger partial charge in [0, 0.05) is 0 Å². The molecule has 0 radical (unpaired) electrons. The number of ether oxygens (including phenoxy) is 1. The average Bonchev–Trinajstić information content (AvgIpc) is 1.98. The standard InChI is InChI=1S/C7H9Cl2NO2/c1-12-4(11)5-2-6(10,3-5)7(5,8)9/h2-3,10H2,1H3. The lowest BCUT2D eigenvalue weighted by atomic mass is 9.39. The van der Waals surface area contributed by atoms with Crippen LogP contribution in [0.1, 0.15) is 12.8 Å². The van der Waals surface area contributed by atoms with Crippen LogP contribution in [0.5, 0.6) is 0 Å². The van der Waals surface area contributed by atoms with E-state index in [1.165, 1.54) is 7.11 Å². The third-order valence-electron chi connectivity index (χ3n) is 3.04. The number of nitrogens with two attached hydrogens (primary N) is 1. The summed E-state index contributed by atoms with van der Waals surface area (Å²) in [6.45, 7) is 0. The molecule has 0 aromatic heterocycles. The predicted molar refractivity (Wildman–Crippen MR) is 45.0 cm³/mol. The summed E-state index contributed by atoms with van der Waals surface area (Å²) in [5.74, 6) is -0.347.